The zero-order valence-electron chi connectivity index (χ0n) is 26.9. The Morgan fingerprint density at radius 3 is 2.04 bits per heavy atom. The maximum atomic E-state index is 13.7. The SMILES string of the molecule is CN=CC[C@@H](/C=C(\Cl)S(C)(=O)=O)NC(=O)[C@@H](NC(=O)[C@@H](NC(=O)[C@H](CC(=O)O)NC(=O)OCc1ccccc1)c1ccccc1)C(C)C. The summed E-state index contributed by atoms with van der Waals surface area (Å²) in [5.41, 5.74) is 0.961. The van der Waals surface area contributed by atoms with E-state index in [0.29, 0.717) is 11.1 Å². The molecule has 0 radical (unpaired) electrons. The normalized spacial score (nSPS) is 14.3. The number of aliphatic imine (C=N–C) groups is 1. The van der Waals surface area contributed by atoms with Crippen molar-refractivity contribution < 1.29 is 42.2 Å². The van der Waals surface area contributed by atoms with Gasteiger partial charge in [0.15, 0.2) is 9.84 Å². The summed E-state index contributed by atoms with van der Waals surface area (Å²) >= 11 is 5.93. The van der Waals surface area contributed by atoms with Gasteiger partial charge in [-0.05, 0) is 23.1 Å². The van der Waals surface area contributed by atoms with Crippen molar-refractivity contribution >= 4 is 57.4 Å². The highest BCUT2D eigenvalue weighted by Gasteiger charge is 2.33. The maximum Gasteiger partial charge on any atom is 0.408 e. The molecule has 4 atom stereocenters. The number of aliphatic carboxylic acids is 1. The van der Waals surface area contributed by atoms with Crippen LogP contribution in [0.3, 0.4) is 0 Å². The molecule has 0 aliphatic rings. The van der Waals surface area contributed by atoms with Crippen molar-refractivity contribution in [3.8, 4) is 0 Å². The molecule has 0 heterocycles. The van der Waals surface area contributed by atoms with Crippen molar-refractivity contribution in [1.29, 1.82) is 0 Å². The molecule has 0 fully saturated rings. The van der Waals surface area contributed by atoms with Gasteiger partial charge in [-0.1, -0.05) is 86.1 Å². The zero-order valence-corrected chi connectivity index (χ0v) is 28.5. The number of carbonyl (C=O) groups excluding carboxylic acids is 4. The molecule has 0 saturated carbocycles. The molecule has 14 nitrogen and oxygen atoms in total. The van der Waals surface area contributed by atoms with Gasteiger partial charge in [0.05, 0.1) is 12.5 Å². The fourth-order valence-corrected chi connectivity index (χ4v) is 4.76. The number of amides is 4. The standard InChI is InChI=1S/C32H40ClN5O9S/c1-20(2)27(30(42)35-23(15-16-34-3)17-25(33)48(4,45)46)37-31(43)28(22-13-9-6-10-14-22)38-29(41)24(18-26(39)40)36-32(44)47-19-21-11-7-5-8-12-21/h5-14,16-17,20,23-24,27-28H,15,18-19H2,1-4H3,(H,35,42)(H,36,44)(H,37,43)(H,38,41)(H,39,40)/b25-17+,34-16?/t23-,24-,27-,28-/m0/s1. The first-order valence-corrected chi connectivity index (χ1v) is 17.0. The summed E-state index contributed by atoms with van der Waals surface area (Å²) in [6.07, 6.45) is 1.75. The molecule has 2 aromatic carbocycles. The number of carboxylic acids is 1. The smallest absolute Gasteiger partial charge is 0.408 e. The molecule has 5 N–H and O–H groups in total. The number of benzene rings is 2. The van der Waals surface area contributed by atoms with Crippen LogP contribution in [0.15, 0.2) is 76.1 Å². The fraction of sp³-hybridized carbons (Fsp3) is 0.375. The molecule has 0 spiro atoms. The van der Waals surface area contributed by atoms with Gasteiger partial charge < -0.3 is 36.1 Å². The number of carboxylic acid groups (broad SMARTS) is 1. The van der Waals surface area contributed by atoms with Gasteiger partial charge in [-0.3, -0.25) is 19.2 Å². The first kappa shape index (κ1) is 39.4. The van der Waals surface area contributed by atoms with Gasteiger partial charge in [-0.25, -0.2) is 13.2 Å². The van der Waals surface area contributed by atoms with Gasteiger partial charge in [0.25, 0.3) is 0 Å². The summed E-state index contributed by atoms with van der Waals surface area (Å²) in [5, 5.41) is 19.4. The predicted octanol–water partition coefficient (Wildman–Crippen LogP) is 2.45. The Kier molecular flexibility index (Phi) is 15.7. The third-order valence-electron chi connectivity index (χ3n) is 6.68. The Hall–Kier alpha value is -4.76. The van der Waals surface area contributed by atoms with Gasteiger partial charge >= 0.3 is 12.1 Å². The molecule has 4 amide bonds. The van der Waals surface area contributed by atoms with Crippen molar-refractivity contribution in [2.24, 2.45) is 10.9 Å². The molecule has 0 aliphatic heterocycles. The third kappa shape index (κ3) is 13.5. The molecule has 0 aliphatic carbocycles. The number of ether oxygens (including phenoxy) is 1. The van der Waals surface area contributed by atoms with E-state index in [2.05, 4.69) is 26.3 Å². The van der Waals surface area contributed by atoms with Crippen LogP contribution in [0.2, 0.25) is 0 Å². The van der Waals surface area contributed by atoms with Crippen LogP contribution in [0.5, 0.6) is 0 Å². The van der Waals surface area contributed by atoms with E-state index in [1.165, 1.54) is 13.3 Å². The quantitative estimate of drug-likeness (QED) is 0.153. The second-order valence-electron chi connectivity index (χ2n) is 11.0. The molecular formula is C32H40ClN5O9S. The number of nitrogens with zero attached hydrogens (tertiary/aromatic N) is 1. The highest BCUT2D eigenvalue weighted by Crippen LogP contribution is 2.16. The number of rotatable bonds is 17. The van der Waals surface area contributed by atoms with Gasteiger partial charge in [0.2, 0.25) is 17.7 Å². The van der Waals surface area contributed by atoms with Crippen molar-refractivity contribution in [1.82, 2.24) is 21.3 Å². The van der Waals surface area contributed by atoms with Crippen LogP contribution < -0.4 is 21.3 Å². The summed E-state index contributed by atoms with van der Waals surface area (Å²) in [6, 6.07) is 11.6. The highest BCUT2D eigenvalue weighted by molar-refractivity contribution is 7.96. The number of halogens is 1. The average molecular weight is 706 g/mol. The topological polar surface area (TPSA) is 209 Å². The Balaban J connectivity index is 2.29. The minimum absolute atomic E-state index is 0.0984. The lowest BCUT2D eigenvalue weighted by Crippen LogP contribution is -2.56. The number of hydrogen-bond donors (Lipinski definition) is 5. The first-order valence-electron chi connectivity index (χ1n) is 14.7. The minimum atomic E-state index is -3.76. The number of alkyl carbamates (subject to hydrolysis) is 1. The second-order valence-corrected chi connectivity index (χ2v) is 13.6. The minimum Gasteiger partial charge on any atom is -0.481 e. The Labute approximate surface area is 284 Å². The summed E-state index contributed by atoms with van der Waals surface area (Å²) in [6.45, 7) is 3.19. The first-order chi connectivity index (χ1) is 22.6. The van der Waals surface area contributed by atoms with Gasteiger partial charge in [-0.15, -0.1) is 0 Å². The van der Waals surface area contributed by atoms with Crippen LogP contribution in [0, 0.1) is 5.92 Å². The Morgan fingerprint density at radius 2 is 1.50 bits per heavy atom. The molecule has 0 saturated heterocycles. The molecule has 0 unspecified atom stereocenters. The Bertz CT molecular complexity index is 1590. The van der Waals surface area contributed by atoms with E-state index < -0.39 is 80.5 Å². The van der Waals surface area contributed by atoms with E-state index in [-0.39, 0.29) is 13.0 Å². The second kappa shape index (κ2) is 19.2. The van der Waals surface area contributed by atoms with Crippen molar-refractivity contribution in [3.63, 3.8) is 0 Å². The fourth-order valence-electron chi connectivity index (χ4n) is 4.19. The number of hydrogen-bond acceptors (Lipinski definition) is 9. The molecule has 2 aromatic rings. The van der Waals surface area contributed by atoms with E-state index in [1.54, 1.807) is 74.5 Å². The summed E-state index contributed by atoms with van der Waals surface area (Å²) in [5.74, 6) is -4.38. The summed E-state index contributed by atoms with van der Waals surface area (Å²) < 4.78 is 28.4. The number of sulfone groups is 1. The lowest BCUT2D eigenvalue weighted by atomic mass is 10.00. The maximum absolute atomic E-state index is 13.7. The van der Waals surface area contributed by atoms with Crippen molar-refractivity contribution in [2.75, 3.05) is 13.3 Å². The van der Waals surface area contributed by atoms with E-state index in [9.17, 15) is 37.5 Å². The average Bonchev–Trinajstić information content (AvgIpc) is 3.03. The van der Waals surface area contributed by atoms with Crippen LogP contribution in [0.1, 0.15) is 43.9 Å². The third-order valence-corrected chi connectivity index (χ3v) is 8.50. The molecule has 2 rings (SSSR count). The van der Waals surface area contributed by atoms with E-state index in [0.717, 1.165) is 12.3 Å². The molecule has 260 valence electrons. The van der Waals surface area contributed by atoms with Gasteiger partial charge in [-0.2, -0.15) is 0 Å². The van der Waals surface area contributed by atoms with Crippen LogP contribution in [0.25, 0.3) is 0 Å². The van der Waals surface area contributed by atoms with E-state index in [1.807, 2.05) is 0 Å². The van der Waals surface area contributed by atoms with Crippen molar-refractivity contribution in [2.45, 2.75) is 57.5 Å². The number of carbonyl (C=O) groups is 5. The number of nitrogens with one attached hydrogen (secondary N) is 4. The zero-order chi connectivity index (χ0) is 35.9. The van der Waals surface area contributed by atoms with Gasteiger partial charge in [0.1, 0.15) is 29.1 Å². The van der Waals surface area contributed by atoms with Crippen molar-refractivity contribution in [3.05, 3.63) is 82.2 Å². The summed E-state index contributed by atoms with van der Waals surface area (Å²) in [4.78, 5) is 68.5. The summed E-state index contributed by atoms with van der Waals surface area (Å²) in [7, 11) is -2.26. The van der Waals surface area contributed by atoms with Crippen LogP contribution in [-0.4, -0.2) is 81.0 Å². The van der Waals surface area contributed by atoms with Gasteiger partial charge in [0, 0.05) is 25.9 Å². The largest absolute Gasteiger partial charge is 0.481 e. The lowest BCUT2D eigenvalue weighted by molar-refractivity contribution is -0.140. The highest BCUT2D eigenvalue weighted by atomic mass is 35.5. The van der Waals surface area contributed by atoms with Crippen LogP contribution in [0.4, 0.5) is 4.79 Å². The molecule has 0 bridgehead atoms. The molecule has 48 heavy (non-hydrogen) atoms. The molecule has 0 aromatic heterocycles. The van der Waals surface area contributed by atoms with E-state index >= 15 is 0 Å². The van der Waals surface area contributed by atoms with Crippen LogP contribution >= 0.6 is 11.6 Å². The van der Waals surface area contributed by atoms with Crippen LogP contribution in [-0.2, 0) is 40.4 Å². The molecule has 16 heteroatoms. The molecular weight excluding hydrogens is 666 g/mol. The lowest BCUT2D eigenvalue weighted by Gasteiger charge is -2.27. The monoisotopic (exact) mass is 705 g/mol. The predicted molar refractivity (Wildman–Crippen MR) is 180 cm³/mol. The van der Waals surface area contributed by atoms with E-state index in [4.69, 9.17) is 16.3 Å². The Morgan fingerprint density at radius 1 is 0.896 bits per heavy atom.